The van der Waals surface area contributed by atoms with E-state index in [2.05, 4.69) is 34.9 Å². The van der Waals surface area contributed by atoms with Crippen LogP contribution >= 0.6 is 27.5 Å². The third kappa shape index (κ3) is 2.60. The average Bonchev–Trinajstić information content (AvgIpc) is 2.71. The molecule has 0 saturated heterocycles. The maximum atomic E-state index is 6.29. The summed E-state index contributed by atoms with van der Waals surface area (Å²) in [5, 5.41) is 4.89. The van der Waals surface area contributed by atoms with E-state index in [4.69, 9.17) is 17.3 Å². The van der Waals surface area contributed by atoms with Gasteiger partial charge >= 0.3 is 0 Å². The maximum Gasteiger partial charge on any atom is 0.0837 e. The number of halogens is 2. The van der Waals surface area contributed by atoms with Crippen molar-refractivity contribution in [3.05, 3.63) is 51.2 Å². The zero-order valence-corrected chi connectivity index (χ0v) is 12.6. The van der Waals surface area contributed by atoms with E-state index in [0.29, 0.717) is 5.02 Å². The van der Waals surface area contributed by atoms with Crippen LogP contribution in [0.2, 0.25) is 5.02 Å². The zero-order valence-electron chi connectivity index (χ0n) is 10.3. The molecule has 3 nitrogen and oxygen atoms in total. The van der Waals surface area contributed by atoms with Crippen molar-refractivity contribution in [2.45, 2.75) is 25.9 Å². The van der Waals surface area contributed by atoms with Crippen molar-refractivity contribution in [1.82, 2.24) is 9.78 Å². The molecule has 1 aromatic heterocycles. The lowest BCUT2D eigenvalue weighted by atomic mass is 10.0. The van der Waals surface area contributed by atoms with Crippen LogP contribution in [-0.4, -0.2) is 9.78 Å². The Balaban J connectivity index is 2.42. The summed E-state index contributed by atoms with van der Waals surface area (Å²) in [6, 6.07) is 7.88. The number of benzene rings is 1. The molecule has 2 rings (SSSR count). The third-order valence-corrected chi connectivity index (χ3v) is 3.62. The van der Waals surface area contributed by atoms with E-state index >= 15 is 0 Å². The average molecular weight is 329 g/mol. The molecule has 1 atom stereocenters. The van der Waals surface area contributed by atoms with Crippen LogP contribution in [0.5, 0.6) is 0 Å². The van der Waals surface area contributed by atoms with Gasteiger partial charge in [-0.25, -0.2) is 0 Å². The molecule has 0 aliphatic rings. The van der Waals surface area contributed by atoms with Crippen molar-refractivity contribution in [3.63, 3.8) is 0 Å². The Bertz CT molecular complexity index is 534. The number of hydrogen-bond donors (Lipinski definition) is 1. The molecule has 2 N–H and O–H groups in total. The Morgan fingerprint density at radius 1 is 1.28 bits per heavy atom. The van der Waals surface area contributed by atoms with E-state index in [1.54, 1.807) is 6.20 Å². The highest BCUT2D eigenvalue weighted by molar-refractivity contribution is 9.10. The lowest BCUT2D eigenvalue weighted by molar-refractivity contribution is 0.499. The van der Waals surface area contributed by atoms with Gasteiger partial charge in [0.05, 0.1) is 23.0 Å². The summed E-state index contributed by atoms with van der Waals surface area (Å²) >= 11 is 9.60. The Labute approximate surface area is 120 Å². The SMILES string of the molecule is CC(C)n1ncc(Cl)c1C(N)c1ccc(Br)cc1. The monoisotopic (exact) mass is 327 g/mol. The van der Waals surface area contributed by atoms with Crippen molar-refractivity contribution in [2.24, 2.45) is 5.73 Å². The number of hydrogen-bond acceptors (Lipinski definition) is 2. The fraction of sp³-hybridized carbons (Fsp3) is 0.308. The second-order valence-corrected chi connectivity index (χ2v) is 5.77. The first-order valence-corrected chi connectivity index (χ1v) is 6.91. The van der Waals surface area contributed by atoms with Gasteiger partial charge in [-0.05, 0) is 31.5 Å². The summed E-state index contributed by atoms with van der Waals surface area (Å²) in [7, 11) is 0. The molecule has 0 fully saturated rings. The highest BCUT2D eigenvalue weighted by atomic mass is 79.9. The van der Waals surface area contributed by atoms with Crippen LogP contribution in [0.15, 0.2) is 34.9 Å². The van der Waals surface area contributed by atoms with Crippen molar-refractivity contribution in [1.29, 1.82) is 0 Å². The first-order chi connectivity index (χ1) is 8.50. The van der Waals surface area contributed by atoms with Crippen molar-refractivity contribution >= 4 is 27.5 Å². The molecular formula is C13H15BrClN3. The summed E-state index contributed by atoms with van der Waals surface area (Å²) < 4.78 is 2.90. The molecule has 1 unspecified atom stereocenters. The minimum absolute atomic E-state index is 0.231. The highest BCUT2D eigenvalue weighted by Crippen LogP contribution is 2.29. The number of nitrogens with two attached hydrogens (primary N) is 1. The zero-order chi connectivity index (χ0) is 13.3. The fourth-order valence-corrected chi connectivity index (χ4v) is 2.39. The molecule has 0 aliphatic heterocycles. The number of rotatable bonds is 3. The van der Waals surface area contributed by atoms with Crippen LogP contribution in [0.1, 0.15) is 37.2 Å². The standard InChI is InChI=1S/C13H15BrClN3/c1-8(2)18-13(11(15)7-17-18)12(16)9-3-5-10(14)6-4-9/h3-8,12H,16H2,1-2H3. The normalized spacial score (nSPS) is 13.0. The van der Waals surface area contributed by atoms with Crippen LogP contribution < -0.4 is 5.73 Å². The Hall–Kier alpha value is -0.840. The highest BCUT2D eigenvalue weighted by Gasteiger charge is 2.19. The van der Waals surface area contributed by atoms with E-state index in [-0.39, 0.29) is 12.1 Å². The summed E-state index contributed by atoms with van der Waals surface area (Å²) in [5.74, 6) is 0. The maximum absolute atomic E-state index is 6.29. The molecule has 0 bridgehead atoms. The quantitative estimate of drug-likeness (QED) is 0.928. The molecule has 0 saturated carbocycles. The molecule has 1 aromatic carbocycles. The molecule has 2 aromatic rings. The summed E-state index contributed by atoms with van der Waals surface area (Å²) in [5.41, 5.74) is 8.16. The lowest BCUT2D eigenvalue weighted by Crippen LogP contribution is -2.19. The summed E-state index contributed by atoms with van der Waals surface area (Å²) in [6.45, 7) is 4.11. The molecule has 0 spiro atoms. The van der Waals surface area contributed by atoms with Crippen molar-refractivity contribution in [3.8, 4) is 0 Å². The predicted molar refractivity (Wildman–Crippen MR) is 77.8 cm³/mol. The molecule has 5 heteroatoms. The largest absolute Gasteiger partial charge is 0.319 e. The van der Waals surface area contributed by atoms with Crippen LogP contribution in [0, 0.1) is 0 Å². The van der Waals surface area contributed by atoms with Crippen LogP contribution in [0.3, 0.4) is 0 Å². The number of nitrogens with zero attached hydrogens (tertiary/aromatic N) is 2. The van der Waals surface area contributed by atoms with Gasteiger partial charge in [0.25, 0.3) is 0 Å². The first kappa shape index (κ1) is 13.6. The Morgan fingerprint density at radius 2 is 1.89 bits per heavy atom. The minimum atomic E-state index is -0.268. The van der Waals surface area contributed by atoms with Gasteiger partial charge in [-0.15, -0.1) is 0 Å². The molecular weight excluding hydrogens is 314 g/mol. The fourth-order valence-electron chi connectivity index (χ4n) is 1.88. The van der Waals surface area contributed by atoms with Gasteiger partial charge in [0, 0.05) is 10.5 Å². The second-order valence-electron chi connectivity index (χ2n) is 4.45. The molecule has 1 heterocycles. The first-order valence-electron chi connectivity index (χ1n) is 5.74. The Kier molecular flexibility index (Phi) is 4.10. The van der Waals surface area contributed by atoms with Gasteiger partial charge in [-0.3, -0.25) is 4.68 Å². The smallest absolute Gasteiger partial charge is 0.0837 e. The van der Waals surface area contributed by atoms with Crippen LogP contribution in [0.4, 0.5) is 0 Å². The topological polar surface area (TPSA) is 43.8 Å². The molecule has 0 radical (unpaired) electrons. The van der Waals surface area contributed by atoms with Gasteiger partial charge < -0.3 is 5.73 Å². The van der Waals surface area contributed by atoms with Gasteiger partial charge in [0.1, 0.15) is 0 Å². The lowest BCUT2D eigenvalue weighted by Gasteiger charge is -2.17. The van der Waals surface area contributed by atoms with Crippen LogP contribution in [-0.2, 0) is 0 Å². The van der Waals surface area contributed by atoms with E-state index in [1.807, 2.05) is 28.9 Å². The van der Waals surface area contributed by atoms with Gasteiger partial charge in [-0.2, -0.15) is 5.10 Å². The second kappa shape index (κ2) is 5.43. The summed E-state index contributed by atoms with van der Waals surface area (Å²) in [6.07, 6.45) is 1.65. The molecule has 96 valence electrons. The third-order valence-electron chi connectivity index (χ3n) is 2.80. The van der Waals surface area contributed by atoms with E-state index in [0.717, 1.165) is 15.7 Å². The van der Waals surface area contributed by atoms with Gasteiger partial charge in [-0.1, -0.05) is 39.7 Å². The van der Waals surface area contributed by atoms with Gasteiger partial charge in [0.15, 0.2) is 0 Å². The number of aromatic nitrogens is 2. The van der Waals surface area contributed by atoms with Gasteiger partial charge in [0.2, 0.25) is 0 Å². The van der Waals surface area contributed by atoms with E-state index in [9.17, 15) is 0 Å². The molecule has 0 aliphatic carbocycles. The molecule has 18 heavy (non-hydrogen) atoms. The van der Waals surface area contributed by atoms with Crippen LogP contribution in [0.25, 0.3) is 0 Å². The van der Waals surface area contributed by atoms with E-state index in [1.165, 1.54) is 0 Å². The van der Waals surface area contributed by atoms with Crippen molar-refractivity contribution in [2.75, 3.05) is 0 Å². The van der Waals surface area contributed by atoms with E-state index < -0.39 is 0 Å². The molecule has 0 amide bonds. The minimum Gasteiger partial charge on any atom is -0.319 e. The predicted octanol–water partition coefficient (Wildman–Crippen LogP) is 3.93. The van der Waals surface area contributed by atoms with Crippen molar-refractivity contribution < 1.29 is 0 Å². The summed E-state index contributed by atoms with van der Waals surface area (Å²) in [4.78, 5) is 0. The Morgan fingerprint density at radius 3 is 2.44 bits per heavy atom.